The first-order valence-corrected chi connectivity index (χ1v) is 16.4. The number of aromatic nitrogens is 4. The fourth-order valence-corrected chi connectivity index (χ4v) is 5.88. The third-order valence-corrected chi connectivity index (χ3v) is 8.70. The standard InChI is InChI=1S/C21H25FN6O.C13H16BrFO/c1-4-5-6-7-8-14-13-11-12(22)9-10-15(13)28(27-14)20-24-17(23)16-18(26-20)25-19(29)21(16,2)3;1-2-3-4-5-6-13(16)11-9-10(15)7-8-12(11)14/h9-11H,4-8H2,1-3H3,(H3,23,24,25,26,29);7-9H,2-6H2,1H3. The van der Waals surface area contributed by atoms with Crippen molar-refractivity contribution in [2.45, 2.75) is 97.3 Å². The van der Waals surface area contributed by atoms with Crippen molar-refractivity contribution in [1.82, 2.24) is 19.7 Å². The molecule has 0 unspecified atom stereocenters. The number of carbonyl (C=O) groups excluding carboxylic acids is 2. The Bertz CT molecular complexity index is 1690. The largest absolute Gasteiger partial charge is 0.383 e. The number of benzene rings is 2. The summed E-state index contributed by atoms with van der Waals surface area (Å²) in [6, 6.07) is 8.78. The van der Waals surface area contributed by atoms with Gasteiger partial charge in [-0.2, -0.15) is 19.7 Å². The van der Waals surface area contributed by atoms with E-state index in [0.29, 0.717) is 33.4 Å². The van der Waals surface area contributed by atoms with Crippen LogP contribution in [0, 0.1) is 11.6 Å². The van der Waals surface area contributed by atoms with E-state index in [4.69, 9.17) is 5.73 Å². The molecule has 4 aromatic rings. The lowest BCUT2D eigenvalue weighted by Gasteiger charge is -2.16. The Morgan fingerprint density at radius 2 is 1.62 bits per heavy atom. The van der Waals surface area contributed by atoms with Crippen LogP contribution in [0.4, 0.5) is 20.4 Å². The number of hydrogen-bond donors (Lipinski definition) is 2. The Morgan fingerprint density at radius 3 is 2.33 bits per heavy atom. The molecule has 0 saturated carbocycles. The van der Waals surface area contributed by atoms with Crippen molar-refractivity contribution in [3.8, 4) is 5.95 Å². The Morgan fingerprint density at radius 1 is 0.956 bits per heavy atom. The minimum absolute atomic E-state index is 0.0162. The highest BCUT2D eigenvalue weighted by atomic mass is 79.9. The summed E-state index contributed by atoms with van der Waals surface area (Å²) < 4.78 is 29.1. The number of halogens is 3. The summed E-state index contributed by atoms with van der Waals surface area (Å²) >= 11 is 3.27. The van der Waals surface area contributed by atoms with E-state index in [0.717, 1.165) is 68.9 Å². The van der Waals surface area contributed by atoms with E-state index in [9.17, 15) is 18.4 Å². The van der Waals surface area contributed by atoms with Gasteiger partial charge in [-0.05, 0) is 69.5 Å². The molecule has 0 fully saturated rings. The summed E-state index contributed by atoms with van der Waals surface area (Å²) in [5.74, 6) is 0.0736. The molecule has 45 heavy (non-hydrogen) atoms. The molecule has 11 heteroatoms. The molecular formula is C34H41BrF2N6O2. The molecule has 240 valence electrons. The zero-order chi connectivity index (χ0) is 32.7. The van der Waals surface area contributed by atoms with Crippen LogP contribution in [0.1, 0.15) is 107 Å². The van der Waals surface area contributed by atoms with Crippen molar-refractivity contribution < 1.29 is 18.4 Å². The molecular weight excluding hydrogens is 642 g/mol. The van der Waals surface area contributed by atoms with Crippen molar-refractivity contribution in [2.75, 3.05) is 11.1 Å². The third-order valence-electron chi connectivity index (χ3n) is 8.01. The summed E-state index contributed by atoms with van der Waals surface area (Å²) in [4.78, 5) is 33.0. The highest BCUT2D eigenvalue weighted by Crippen LogP contribution is 2.39. The van der Waals surface area contributed by atoms with Gasteiger partial charge in [0.25, 0.3) is 5.95 Å². The van der Waals surface area contributed by atoms with E-state index in [-0.39, 0.29) is 35.1 Å². The Hall–Kier alpha value is -3.73. The molecule has 0 radical (unpaired) electrons. The van der Waals surface area contributed by atoms with Crippen molar-refractivity contribution in [2.24, 2.45) is 0 Å². The number of nitrogens with zero attached hydrogens (tertiary/aromatic N) is 4. The van der Waals surface area contributed by atoms with Crippen LogP contribution in [0.15, 0.2) is 40.9 Å². The van der Waals surface area contributed by atoms with Gasteiger partial charge < -0.3 is 11.1 Å². The molecule has 5 rings (SSSR count). The first kappa shape index (κ1) is 34.1. The number of carbonyl (C=O) groups is 2. The van der Waals surface area contributed by atoms with Gasteiger partial charge in [0.05, 0.1) is 22.2 Å². The Kier molecular flexibility index (Phi) is 11.4. The first-order chi connectivity index (χ1) is 21.5. The number of nitrogens with one attached hydrogen (secondary N) is 1. The van der Waals surface area contributed by atoms with Crippen LogP contribution in [-0.2, 0) is 16.6 Å². The van der Waals surface area contributed by atoms with Crippen molar-refractivity contribution >= 4 is 50.2 Å². The monoisotopic (exact) mass is 682 g/mol. The van der Waals surface area contributed by atoms with Gasteiger partial charge >= 0.3 is 0 Å². The smallest absolute Gasteiger partial charge is 0.255 e. The maximum absolute atomic E-state index is 13.9. The number of nitrogens with two attached hydrogens (primary N) is 1. The molecule has 0 spiro atoms. The lowest BCUT2D eigenvalue weighted by molar-refractivity contribution is -0.119. The second kappa shape index (κ2) is 15.0. The molecule has 0 saturated heterocycles. The number of hydrogen-bond acceptors (Lipinski definition) is 6. The van der Waals surface area contributed by atoms with Gasteiger partial charge in [0.15, 0.2) is 5.78 Å². The molecule has 3 heterocycles. The van der Waals surface area contributed by atoms with Crippen molar-refractivity contribution in [3.63, 3.8) is 0 Å². The minimum atomic E-state index is -0.794. The molecule has 2 aromatic carbocycles. The molecule has 1 aliphatic rings. The quantitative estimate of drug-likeness (QED) is 0.114. The lowest BCUT2D eigenvalue weighted by Crippen LogP contribution is -2.27. The van der Waals surface area contributed by atoms with E-state index < -0.39 is 5.41 Å². The van der Waals surface area contributed by atoms with Crippen LogP contribution in [0.2, 0.25) is 0 Å². The summed E-state index contributed by atoms with van der Waals surface area (Å²) in [6.07, 6.45) is 9.89. The van der Waals surface area contributed by atoms with Crippen molar-refractivity contribution in [1.29, 1.82) is 0 Å². The van der Waals surface area contributed by atoms with E-state index in [2.05, 4.69) is 50.2 Å². The zero-order valence-electron chi connectivity index (χ0n) is 26.4. The number of rotatable bonds is 12. The molecule has 1 amide bonds. The number of aryl methyl sites for hydroxylation is 1. The van der Waals surface area contributed by atoms with E-state index in [1.807, 2.05) is 0 Å². The van der Waals surface area contributed by atoms with Gasteiger partial charge in [-0.3, -0.25) is 9.59 Å². The number of amides is 1. The van der Waals surface area contributed by atoms with Crippen LogP contribution in [-0.4, -0.2) is 31.4 Å². The maximum Gasteiger partial charge on any atom is 0.255 e. The predicted molar refractivity (Wildman–Crippen MR) is 178 cm³/mol. The normalized spacial score (nSPS) is 13.4. The molecule has 0 atom stereocenters. The van der Waals surface area contributed by atoms with Crippen LogP contribution in [0.5, 0.6) is 0 Å². The number of Topliss-reactive ketones (excluding diaryl/α,β-unsaturated/α-hetero) is 1. The summed E-state index contributed by atoms with van der Waals surface area (Å²) in [7, 11) is 0. The third kappa shape index (κ3) is 7.92. The van der Waals surface area contributed by atoms with Gasteiger partial charge in [0.2, 0.25) is 5.91 Å². The van der Waals surface area contributed by atoms with E-state index >= 15 is 0 Å². The SMILES string of the molecule is CCCCCCC(=O)c1cc(F)ccc1Br.CCCCCCc1nn(-c2nc(N)c3c(n2)NC(=O)C3(C)C)c2ccc(F)cc12. The van der Waals surface area contributed by atoms with E-state index in [1.165, 1.54) is 24.3 Å². The van der Waals surface area contributed by atoms with Crippen LogP contribution in [0.25, 0.3) is 16.9 Å². The second-order valence-corrected chi connectivity index (χ2v) is 12.8. The first-order valence-electron chi connectivity index (χ1n) is 15.6. The fourth-order valence-electron chi connectivity index (χ4n) is 5.41. The average Bonchev–Trinajstić information content (AvgIpc) is 3.47. The van der Waals surface area contributed by atoms with E-state index in [1.54, 1.807) is 30.7 Å². The lowest BCUT2D eigenvalue weighted by atomic mass is 9.87. The summed E-state index contributed by atoms with van der Waals surface area (Å²) in [5.41, 5.74) is 7.96. The number of nitrogen functional groups attached to an aromatic ring is 1. The maximum atomic E-state index is 13.9. The Labute approximate surface area is 271 Å². The second-order valence-electron chi connectivity index (χ2n) is 11.9. The van der Waals surface area contributed by atoms with Crippen LogP contribution >= 0.6 is 15.9 Å². The summed E-state index contributed by atoms with van der Waals surface area (Å²) in [6.45, 7) is 7.86. The molecule has 0 bridgehead atoms. The highest BCUT2D eigenvalue weighted by Gasteiger charge is 2.42. The van der Waals surface area contributed by atoms with Crippen LogP contribution < -0.4 is 11.1 Å². The van der Waals surface area contributed by atoms with Gasteiger partial charge in [0, 0.05) is 21.8 Å². The van der Waals surface area contributed by atoms with Crippen LogP contribution in [0.3, 0.4) is 0 Å². The number of ketones is 1. The fraction of sp³-hybridized carbons (Fsp3) is 0.441. The molecule has 2 aromatic heterocycles. The van der Waals surface area contributed by atoms with Gasteiger partial charge in [-0.15, -0.1) is 0 Å². The van der Waals surface area contributed by atoms with Gasteiger partial charge in [0.1, 0.15) is 23.3 Å². The zero-order valence-corrected chi connectivity index (χ0v) is 27.9. The molecule has 8 nitrogen and oxygen atoms in total. The molecule has 1 aliphatic heterocycles. The average molecular weight is 684 g/mol. The molecule has 3 N–H and O–H groups in total. The Balaban J connectivity index is 0.000000245. The highest BCUT2D eigenvalue weighted by molar-refractivity contribution is 9.10. The number of unbranched alkanes of at least 4 members (excludes halogenated alkanes) is 6. The summed E-state index contributed by atoms with van der Waals surface area (Å²) in [5, 5.41) is 8.20. The van der Waals surface area contributed by atoms with Crippen molar-refractivity contribution in [3.05, 3.63) is 69.3 Å². The predicted octanol–water partition coefficient (Wildman–Crippen LogP) is 8.63. The topological polar surface area (TPSA) is 116 Å². The number of anilines is 2. The molecule has 0 aliphatic carbocycles. The van der Waals surface area contributed by atoms with Gasteiger partial charge in [-0.1, -0.05) is 68.3 Å². The van der Waals surface area contributed by atoms with Gasteiger partial charge in [-0.25, -0.2) is 8.78 Å². The minimum Gasteiger partial charge on any atom is -0.383 e. The number of fused-ring (bicyclic) bond motifs is 2.